The number of anilines is 1. The molecule has 1 aromatic rings. The Morgan fingerprint density at radius 1 is 1.45 bits per heavy atom. The summed E-state index contributed by atoms with van der Waals surface area (Å²) in [5.74, 6) is -1.07. The molecule has 5 nitrogen and oxygen atoms in total. The van der Waals surface area contributed by atoms with Gasteiger partial charge in [-0.2, -0.15) is 0 Å². The van der Waals surface area contributed by atoms with Gasteiger partial charge in [-0.05, 0) is 38.3 Å². The van der Waals surface area contributed by atoms with Crippen molar-refractivity contribution in [1.82, 2.24) is 0 Å². The minimum Gasteiger partial charge on any atom is -0.464 e. The molecule has 0 aliphatic carbocycles. The van der Waals surface area contributed by atoms with Crippen LogP contribution in [-0.2, 0) is 20.7 Å². The molecule has 0 saturated carbocycles. The number of benzene rings is 1. The number of fused-ring (bicyclic) bond motifs is 1. The van der Waals surface area contributed by atoms with Crippen molar-refractivity contribution >= 4 is 17.6 Å². The molecule has 0 bridgehead atoms. The fourth-order valence-electron chi connectivity index (χ4n) is 2.51. The summed E-state index contributed by atoms with van der Waals surface area (Å²) in [6, 6.07) is 6.48. The highest BCUT2D eigenvalue weighted by Gasteiger charge is 2.34. The molecule has 1 aliphatic rings. The van der Waals surface area contributed by atoms with Crippen LogP contribution in [0.5, 0.6) is 0 Å². The number of ether oxygens (including phenoxy) is 1. The molecule has 2 N–H and O–H groups in total. The smallest absolute Gasteiger partial charge is 0.332 e. The first-order valence-electron chi connectivity index (χ1n) is 6.89. The molecule has 108 valence electrons. The number of carbonyl (C=O) groups excluding carboxylic acids is 2. The Kier molecular flexibility index (Phi) is 4.39. The molecule has 5 heteroatoms. The highest BCUT2D eigenvalue weighted by Crippen LogP contribution is 2.30. The second kappa shape index (κ2) is 6.05. The molecule has 2 rings (SSSR count). The fraction of sp³-hybridized carbons (Fsp3) is 0.467. The number of aryl methyl sites for hydroxylation is 1. The van der Waals surface area contributed by atoms with Crippen molar-refractivity contribution in [1.29, 1.82) is 0 Å². The molecule has 1 heterocycles. The molecule has 0 radical (unpaired) electrons. The zero-order valence-corrected chi connectivity index (χ0v) is 11.8. The maximum atomic E-state index is 12.5. The van der Waals surface area contributed by atoms with E-state index in [2.05, 4.69) is 0 Å². The van der Waals surface area contributed by atoms with Crippen molar-refractivity contribution in [2.24, 2.45) is 5.73 Å². The fourth-order valence-corrected chi connectivity index (χ4v) is 2.51. The quantitative estimate of drug-likeness (QED) is 0.666. The number of carbonyl (C=O) groups is 2. The van der Waals surface area contributed by atoms with Crippen LogP contribution in [0, 0.1) is 0 Å². The summed E-state index contributed by atoms with van der Waals surface area (Å²) < 4.78 is 4.83. The number of esters is 1. The van der Waals surface area contributed by atoms with Crippen LogP contribution in [0.1, 0.15) is 25.8 Å². The van der Waals surface area contributed by atoms with Gasteiger partial charge in [0.25, 0.3) is 5.91 Å². The van der Waals surface area contributed by atoms with Crippen molar-refractivity contribution in [3.05, 3.63) is 29.8 Å². The molecule has 0 saturated heterocycles. The topological polar surface area (TPSA) is 72.6 Å². The highest BCUT2D eigenvalue weighted by atomic mass is 16.5. The van der Waals surface area contributed by atoms with Gasteiger partial charge >= 0.3 is 5.97 Å². The lowest BCUT2D eigenvalue weighted by Crippen LogP contribution is -2.53. The van der Waals surface area contributed by atoms with Crippen molar-refractivity contribution in [2.75, 3.05) is 11.5 Å². The molecule has 0 spiro atoms. The van der Waals surface area contributed by atoms with Gasteiger partial charge in [0, 0.05) is 11.7 Å². The summed E-state index contributed by atoms with van der Waals surface area (Å²) in [4.78, 5) is 25.8. The van der Waals surface area contributed by atoms with Gasteiger partial charge in [-0.25, -0.2) is 4.79 Å². The van der Waals surface area contributed by atoms with Crippen molar-refractivity contribution in [2.45, 2.75) is 38.8 Å². The average molecular weight is 276 g/mol. The SMILES string of the molecule is CCOC(=O)C(N)C(=O)N1c2ccccc2CCC1C. The van der Waals surface area contributed by atoms with Crippen LogP contribution in [0.4, 0.5) is 5.69 Å². The summed E-state index contributed by atoms with van der Waals surface area (Å²) in [5, 5.41) is 0. The van der Waals surface area contributed by atoms with Crippen LogP contribution in [0.3, 0.4) is 0 Å². The van der Waals surface area contributed by atoms with Crippen LogP contribution in [0.2, 0.25) is 0 Å². The minimum absolute atomic E-state index is 0.0258. The second-order valence-corrected chi connectivity index (χ2v) is 4.95. The summed E-state index contributed by atoms with van der Waals surface area (Å²) in [6.45, 7) is 3.87. The third-order valence-corrected chi connectivity index (χ3v) is 3.57. The molecular weight excluding hydrogens is 256 g/mol. The van der Waals surface area contributed by atoms with Gasteiger partial charge in [0.2, 0.25) is 0 Å². The highest BCUT2D eigenvalue weighted by molar-refractivity contribution is 6.10. The monoisotopic (exact) mass is 276 g/mol. The number of rotatable bonds is 3. The number of hydrogen-bond acceptors (Lipinski definition) is 4. The Bertz CT molecular complexity index is 516. The number of nitrogens with zero attached hydrogens (tertiary/aromatic N) is 1. The minimum atomic E-state index is -1.26. The number of hydrogen-bond donors (Lipinski definition) is 1. The summed E-state index contributed by atoms with van der Waals surface area (Å²) >= 11 is 0. The maximum Gasteiger partial charge on any atom is 0.332 e. The molecule has 2 unspecified atom stereocenters. The van der Waals surface area contributed by atoms with Crippen molar-refractivity contribution in [3.8, 4) is 0 Å². The molecule has 2 atom stereocenters. The standard InChI is InChI=1S/C15H20N2O3/c1-3-20-15(19)13(16)14(18)17-10(2)8-9-11-6-4-5-7-12(11)17/h4-7,10,13H,3,8-9,16H2,1-2H3. The number of nitrogens with two attached hydrogens (primary N) is 1. The zero-order chi connectivity index (χ0) is 14.7. The van der Waals surface area contributed by atoms with Crippen LogP contribution < -0.4 is 10.6 Å². The van der Waals surface area contributed by atoms with Gasteiger partial charge in [-0.3, -0.25) is 4.79 Å². The largest absolute Gasteiger partial charge is 0.464 e. The van der Waals surface area contributed by atoms with E-state index in [4.69, 9.17) is 10.5 Å². The lowest BCUT2D eigenvalue weighted by molar-refractivity contribution is -0.147. The van der Waals surface area contributed by atoms with E-state index in [1.807, 2.05) is 31.2 Å². The zero-order valence-electron chi connectivity index (χ0n) is 11.8. The predicted octanol–water partition coefficient (Wildman–Crippen LogP) is 1.24. The van der Waals surface area contributed by atoms with Crippen LogP contribution in [-0.4, -0.2) is 30.6 Å². The first kappa shape index (κ1) is 14.5. The molecule has 1 aromatic carbocycles. The van der Waals surface area contributed by atoms with Gasteiger partial charge in [0.15, 0.2) is 6.04 Å². The van der Waals surface area contributed by atoms with Gasteiger partial charge in [-0.1, -0.05) is 18.2 Å². The normalized spacial score (nSPS) is 19.1. The average Bonchev–Trinajstić information content (AvgIpc) is 2.46. The Morgan fingerprint density at radius 3 is 2.85 bits per heavy atom. The molecule has 0 fully saturated rings. The van der Waals surface area contributed by atoms with Gasteiger partial charge < -0.3 is 15.4 Å². The maximum absolute atomic E-state index is 12.5. The van der Waals surface area contributed by atoms with E-state index in [0.717, 1.165) is 24.1 Å². The summed E-state index contributed by atoms with van der Waals surface area (Å²) in [6.07, 6.45) is 1.79. The molecule has 20 heavy (non-hydrogen) atoms. The third kappa shape index (κ3) is 2.67. The summed E-state index contributed by atoms with van der Waals surface area (Å²) in [7, 11) is 0. The number of amides is 1. The van der Waals surface area contributed by atoms with E-state index in [-0.39, 0.29) is 12.6 Å². The van der Waals surface area contributed by atoms with Crippen molar-refractivity contribution < 1.29 is 14.3 Å². The molecule has 1 amide bonds. The van der Waals surface area contributed by atoms with Crippen LogP contribution >= 0.6 is 0 Å². The van der Waals surface area contributed by atoms with Crippen molar-refractivity contribution in [3.63, 3.8) is 0 Å². The molecule has 0 aromatic heterocycles. The van der Waals surface area contributed by atoms with Crippen LogP contribution in [0.25, 0.3) is 0 Å². The van der Waals surface area contributed by atoms with Crippen LogP contribution in [0.15, 0.2) is 24.3 Å². The molecular formula is C15H20N2O3. The predicted molar refractivity (Wildman–Crippen MR) is 76.3 cm³/mol. The van der Waals surface area contributed by atoms with E-state index in [1.165, 1.54) is 0 Å². The van der Waals surface area contributed by atoms with E-state index in [0.29, 0.717) is 0 Å². The first-order chi connectivity index (χ1) is 9.56. The second-order valence-electron chi connectivity index (χ2n) is 4.95. The number of para-hydroxylation sites is 1. The van der Waals surface area contributed by atoms with E-state index in [9.17, 15) is 9.59 Å². The lowest BCUT2D eigenvalue weighted by atomic mass is 9.96. The van der Waals surface area contributed by atoms with Gasteiger partial charge in [0.1, 0.15) is 0 Å². The van der Waals surface area contributed by atoms with Gasteiger partial charge in [-0.15, -0.1) is 0 Å². The summed E-state index contributed by atoms with van der Waals surface area (Å²) in [5.41, 5.74) is 7.68. The van der Waals surface area contributed by atoms with E-state index < -0.39 is 17.9 Å². The van der Waals surface area contributed by atoms with E-state index >= 15 is 0 Å². The Hall–Kier alpha value is -1.88. The van der Waals surface area contributed by atoms with Gasteiger partial charge in [0.05, 0.1) is 6.61 Å². The third-order valence-electron chi connectivity index (χ3n) is 3.57. The Morgan fingerprint density at radius 2 is 2.15 bits per heavy atom. The Balaban J connectivity index is 2.27. The van der Waals surface area contributed by atoms with E-state index in [1.54, 1.807) is 11.8 Å². The molecule has 1 aliphatic heterocycles. The lowest BCUT2D eigenvalue weighted by Gasteiger charge is -2.36. The first-order valence-corrected chi connectivity index (χ1v) is 6.89. The Labute approximate surface area is 118 Å².